The van der Waals surface area contributed by atoms with Crippen LogP contribution in [0.1, 0.15) is 16.8 Å². The van der Waals surface area contributed by atoms with Crippen LogP contribution in [0.15, 0.2) is 18.3 Å². The molecule has 1 aromatic carbocycles. The Kier molecular flexibility index (Phi) is 4.49. The molecule has 0 saturated carbocycles. The Morgan fingerprint density at radius 1 is 1.35 bits per heavy atom. The predicted octanol–water partition coefficient (Wildman–Crippen LogP) is 2.42. The Balaban J connectivity index is 1.79. The topological polar surface area (TPSA) is 70.6 Å². The van der Waals surface area contributed by atoms with E-state index in [2.05, 4.69) is 14.9 Å². The molecule has 0 bridgehead atoms. The molecule has 1 aromatic heterocycles. The van der Waals surface area contributed by atoms with Crippen molar-refractivity contribution in [3.05, 3.63) is 39.9 Å². The van der Waals surface area contributed by atoms with Gasteiger partial charge in [-0.2, -0.15) is 0 Å². The highest BCUT2D eigenvalue weighted by Gasteiger charge is 2.19. The minimum atomic E-state index is 0.0880. The minimum absolute atomic E-state index is 0.0880. The first-order chi connectivity index (χ1) is 11.1. The predicted molar refractivity (Wildman–Crippen MR) is 88.5 cm³/mol. The maximum Gasteiger partial charge on any atom is 0.203 e. The highest BCUT2D eigenvalue weighted by atomic mass is 32.1. The Hall–Kier alpha value is -2.12. The van der Waals surface area contributed by atoms with Crippen molar-refractivity contribution in [2.75, 3.05) is 20.8 Å². The molecule has 0 saturated heterocycles. The highest BCUT2D eigenvalue weighted by molar-refractivity contribution is 7.71. The van der Waals surface area contributed by atoms with Gasteiger partial charge in [0.25, 0.3) is 0 Å². The summed E-state index contributed by atoms with van der Waals surface area (Å²) in [6, 6.07) is 3.61. The van der Waals surface area contributed by atoms with Crippen molar-refractivity contribution >= 4 is 12.2 Å². The van der Waals surface area contributed by atoms with Crippen LogP contribution in [0.25, 0.3) is 0 Å². The van der Waals surface area contributed by atoms with Crippen LogP contribution in [-0.2, 0) is 19.5 Å². The molecule has 1 aliphatic heterocycles. The summed E-state index contributed by atoms with van der Waals surface area (Å²) in [6.45, 7) is 2.42. The Morgan fingerprint density at radius 2 is 2.17 bits per heavy atom. The van der Waals surface area contributed by atoms with Crippen molar-refractivity contribution in [2.45, 2.75) is 19.5 Å². The molecular weight excluding hydrogens is 314 g/mol. The number of hydrogen-bond donors (Lipinski definition) is 2. The minimum Gasteiger partial charge on any atom is -0.504 e. The lowest BCUT2D eigenvalue weighted by Crippen LogP contribution is -2.30. The number of benzene rings is 1. The standard InChI is InChI=1S/C16H19N3O3S/c1-21-14-6-10(5-13(20)15(14)22-2)8-19-4-3-12-11(9-19)7-17-16(23)18-12/h5-7,20H,3-4,8-9H2,1-2H3,(H,17,18,23). The molecule has 2 aromatic rings. The molecule has 0 fully saturated rings. The average Bonchev–Trinajstić information content (AvgIpc) is 2.54. The lowest BCUT2D eigenvalue weighted by Gasteiger charge is -2.28. The van der Waals surface area contributed by atoms with Gasteiger partial charge in [0.05, 0.1) is 14.2 Å². The average molecular weight is 333 g/mol. The van der Waals surface area contributed by atoms with E-state index < -0.39 is 0 Å². The van der Waals surface area contributed by atoms with Crippen molar-refractivity contribution < 1.29 is 14.6 Å². The van der Waals surface area contributed by atoms with E-state index in [9.17, 15) is 5.11 Å². The SMILES string of the molecule is COc1cc(CN2CCc3[nH]c(=S)ncc3C2)cc(O)c1OC. The third-order valence-electron chi connectivity index (χ3n) is 3.98. The van der Waals surface area contributed by atoms with Crippen LogP contribution in [0.5, 0.6) is 17.2 Å². The van der Waals surface area contributed by atoms with Crippen LogP contribution in [0.3, 0.4) is 0 Å². The number of rotatable bonds is 4. The molecule has 7 heteroatoms. The lowest BCUT2D eigenvalue weighted by molar-refractivity contribution is 0.241. The Labute approximate surface area is 139 Å². The zero-order chi connectivity index (χ0) is 16.4. The van der Waals surface area contributed by atoms with Gasteiger partial charge in [0.1, 0.15) is 0 Å². The monoisotopic (exact) mass is 333 g/mol. The molecule has 6 nitrogen and oxygen atoms in total. The molecule has 2 N–H and O–H groups in total. The van der Waals surface area contributed by atoms with Gasteiger partial charge in [0, 0.05) is 43.5 Å². The first-order valence-corrected chi connectivity index (χ1v) is 7.75. The molecular formula is C16H19N3O3S. The van der Waals surface area contributed by atoms with E-state index in [4.69, 9.17) is 21.7 Å². The fraction of sp³-hybridized carbons (Fsp3) is 0.375. The highest BCUT2D eigenvalue weighted by Crippen LogP contribution is 2.37. The third kappa shape index (κ3) is 3.30. The number of phenolic OH excluding ortho intramolecular Hbond substituents is 1. The van der Waals surface area contributed by atoms with Gasteiger partial charge >= 0.3 is 0 Å². The molecule has 2 heterocycles. The van der Waals surface area contributed by atoms with Gasteiger partial charge in [-0.15, -0.1) is 0 Å². The summed E-state index contributed by atoms with van der Waals surface area (Å²) in [5, 5.41) is 10.1. The third-order valence-corrected chi connectivity index (χ3v) is 4.19. The summed E-state index contributed by atoms with van der Waals surface area (Å²) < 4.78 is 11.0. The van der Waals surface area contributed by atoms with Gasteiger partial charge in [0.15, 0.2) is 16.3 Å². The van der Waals surface area contributed by atoms with E-state index in [1.165, 1.54) is 7.11 Å². The molecule has 0 radical (unpaired) electrons. The molecule has 1 aliphatic rings. The summed E-state index contributed by atoms with van der Waals surface area (Å²) in [7, 11) is 3.07. The van der Waals surface area contributed by atoms with E-state index in [0.29, 0.717) is 22.8 Å². The van der Waals surface area contributed by atoms with Crippen molar-refractivity contribution in [2.24, 2.45) is 0 Å². The Morgan fingerprint density at radius 3 is 2.91 bits per heavy atom. The zero-order valence-electron chi connectivity index (χ0n) is 13.1. The maximum absolute atomic E-state index is 10.1. The first-order valence-electron chi connectivity index (χ1n) is 7.34. The number of aromatic hydroxyl groups is 1. The van der Waals surface area contributed by atoms with E-state index in [1.807, 2.05) is 12.3 Å². The number of H-pyrrole nitrogens is 1. The summed E-state index contributed by atoms with van der Waals surface area (Å²) in [4.78, 5) is 9.60. The van der Waals surface area contributed by atoms with E-state index in [0.717, 1.165) is 36.3 Å². The van der Waals surface area contributed by atoms with Gasteiger partial charge in [-0.05, 0) is 29.9 Å². The molecule has 0 spiro atoms. The summed E-state index contributed by atoms with van der Waals surface area (Å²) in [6.07, 6.45) is 2.74. The molecule has 122 valence electrons. The van der Waals surface area contributed by atoms with Gasteiger partial charge < -0.3 is 19.6 Å². The van der Waals surface area contributed by atoms with Crippen LogP contribution in [0.2, 0.25) is 0 Å². The number of methoxy groups -OCH3 is 2. The number of phenols is 1. The smallest absolute Gasteiger partial charge is 0.203 e. The number of ether oxygens (including phenoxy) is 2. The van der Waals surface area contributed by atoms with Crippen molar-refractivity contribution in [1.82, 2.24) is 14.9 Å². The molecule has 3 rings (SSSR count). The van der Waals surface area contributed by atoms with Crippen molar-refractivity contribution in [3.63, 3.8) is 0 Å². The quantitative estimate of drug-likeness (QED) is 0.838. The van der Waals surface area contributed by atoms with Gasteiger partial charge in [-0.25, -0.2) is 4.98 Å². The molecule has 23 heavy (non-hydrogen) atoms. The second-order valence-corrected chi connectivity index (χ2v) is 5.89. The number of nitrogens with one attached hydrogen (secondary N) is 1. The summed E-state index contributed by atoms with van der Waals surface area (Å²) >= 11 is 5.06. The van der Waals surface area contributed by atoms with Gasteiger partial charge in [-0.3, -0.25) is 4.90 Å². The molecule has 0 aliphatic carbocycles. The zero-order valence-corrected chi connectivity index (χ0v) is 13.9. The second kappa shape index (κ2) is 6.55. The lowest BCUT2D eigenvalue weighted by atomic mass is 10.1. The number of nitrogens with zero attached hydrogens (tertiary/aromatic N) is 2. The van der Waals surface area contributed by atoms with E-state index >= 15 is 0 Å². The second-order valence-electron chi connectivity index (χ2n) is 5.50. The summed E-state index contributed by atoms with van der Waals surface area (Å²) in [5.41, 5.74) is 3.30. The van der Waals surface area contributed by atoms with Crippen LogP contribution in [0, 0.1) is 4.77 Å². The van der Waals surface area contributed by atoms with Crippen molar-refractivity contribution in [3.8, 4) is 17.2 Å². The van der Waals surface area contributed by atoms with E-state index in [1.54, 1.807) is 13.2 Å². The molecule has 0 unspecified atom stereocenters. The van der Waals surface area contributed by atoms with Crippen molar-refractivity contribution in [1.29, 1.82) is 0 Å². The largest absolute Gasteiger partial charge is 0.504 e. The normalized spacial score (nSPS) is 14.3. The molecule has 0 atom stereocenters. The van der Waals surface area contributed by atoms with Crippen LogP contribution in [-0.4, -0.2) is 40.7 Å². The van der Waals surface area contributed by atoms with Gasteiger partial charge in [-0.1, -0.05) is 0 Å². The summed E-state index contributed by atoms with van der Waals surface area (Å²) in [5.74, 6) is 0.979. The van der Waals surface area contributed by atoms with Crippen LogP contribution >= 0.6 is 12.2 Å². The van der Waals surface area contributed by atoms with Crippen LogP contribution < -0.4 is 9.47 Å². The number of aromatic amines is 1. The first kappa shape index (κ1) is 15.8. The van der Waals surface area contributed by atoms with Gasteiger partial charge in [0.2, 0.25) is 5.75 Å². The van der Waals surface area contributed by atoms with Crippen LogP contribution in [0.4, 0.5) is 0 Å². The fourth-order valence-corrected chi connectivity index (χ4v) is 3.07. The number of aromatic nitrogens is 2. The number of hydrogen-bond acceptors (Lipinski definition) is 6. The van der Waals surface area contributed by atoms with E-state index in [-0.39, 0.29) is 5.75 Å². The number of fused-ring (bicyclic) bond motifs is 1. The molecule has 0 amide bonds. The maximum atomic E-state index is 10.1. The fourth-order valence-electron chi connectivity index (χ4n) is 2.89. The Bertz CT molecular complexity index is 776.